The maximum absolute atomic E-state index is 13.4. The fourth-order valence-electron chi connectivity index (χ4n) is 3.93. The second-order valence-electron chi connectivity index (χ2n) is 8.62. The number of carbonyl (C=O) groups excluding carboxylic acids is 1. The van der Waals surface area contributed by atoms with Gasteiger partial charge >= 0.3 is 5.97 Å². The molecule has 0 radical (unpaired) electrons. The Morgan fingerprint density at radius 1 is 1.25 bits per heavy atom. The summed E-state index contributed by atoms with van der Waals surface area (Å²) < 4.78 is 18.3. The second-order valence-corrected chi connectivity index (χ2v) is 8.62. The monoisotopic (exact) mass is 441 g/mol. The summed E-state index contributed by atoms with van der Waals surface area (Å²) in [6, 6.07) is 8.14. The van der Waals surface area contributed by atoms with Crippen LogP contribution in [0, 0.1) is 17.1 Å². The number of methoxy groups -OCH3 is 1. The standard InChI is InChI=1S/C24H32FN5O2/c1-15(2)22(26)21-20(30-12-10-18(11-13-30)29(3)4)14-19(24(31)32-5)28-23(21)27-17-8-6-16(25)7-9-17/h6-9,14-15,18,26H,10-13H2,1-5H3,(H,27,28). The molecule has 2 N–H and O–H groups in total. The number of aromatic nitrogens is 1. The molecule has 2 heterocycles. The Bertz CT molecular complexity index is 967. The summed E-state index contributed by atoms with van der Waals surface area (Å²) in [7, 11) is 5.50. The first-order valence-corrected chi connectivity index (χ1v) is 10.9. The Balaban J connectivity index is 2.11. The Morgan fingerprint density at radius 3 is 2.41 bits per heavy atom. The number of anilines is 3. The molecule has 32 heavy (non-hydrogen) atoms. The highest BCUT2D eigenvalue weighted by Gasteiger charge is 2.28. The van der Waals surface area contributed by atoms with Gasteiger partial charge in [-0.25, -0.2) is 14.2 Å². The highest BCUT2D eigenvalue weighted by Crippen LogP contribution is 2.34. The molecule has 0 bridgehead atoms. The fourth-order valence-corrected chi connectivity index (χ4v) is 3.93. The normalized spacial score (nSPS) is 14.7. The molecule has 0 spiro atoms. The highest BCUT2D eigenvalue weighted by atomic mass is 19.1. The number of benzene rings is 1. The lowest BCUT2D eigenvalue weighted by atomic mass is 9.96. The summed E-state index contributed by atoms with van der Waals surface area (Å²) in [6.45, 7) is 5.53. The average Bonchev–Trinajstić information content (AvgIpc) is 2.79. The van der Waals surface area contributed by atoms with E-state index in [0.717, 1.165) is 31.6 Å². The van der Waals surface area contributed by atoms with Gasteiger partial charge in [-0.3, -0.25) is 0 Å². The summed E-state index contributed by atoms with van der Waals surface area (Å²) in [6.07, 6.45) is 1.97. The number of esters is 1. The molecule has 1 aliphatic rings. The van der Waals surface area contributed by atoms with Gasteiger partial charge in [-0.15, -0.1) is 0 Å². The molecule has 0 aliphatic carbocycles. The quantitative estimate of drug-likeness (QED) is 0.492. The van der Waals surface area contributed by atoms with Gasteiger partial charge in [0.05, 0.1) is 18.4 Å². The van der Waals surface area contributed by atoms with Crippen molar-refractivity contribution in [1.29, 1.82) is 5.41 Å². The van der Waals surface area contributed by atoms with Gasteiger partial charge in [0.25, 0.3) is 0 Å². The van der Waals surface area contributed by atoms with E-state index in [1.54, 1.807) is 18.2 Å². The molecule has 3 rings (SSSR count). The van der Waals surface area contributed by atoms with Crippen molar-refractivity contribution in [3.63, 3.8) is 0 Å². The van der Waals surface area contributed by atoms with Crippen LogP contribution >= 0.6 is 0 Å². The lowest BCUT2D eigenvalue weighted by molar-refractivity contribution is 0.0594. The largest absolute Gasteiger partial charge is 0.464 e. The molecule has 8 heteroatoms. The maximum Gasteiger partial charge on any atom is 0.356 e. The Morgan fingerprint density at radius 2 is 1.88 bits per heavy atom. The van der Waals surface area contributed by atoms with Gasteiger partial charge in [0.15, 0.2) is 5.69 Å². The number of halogens is 1. The first-order valence-electron chi connectivity index (χ1n) is 10.9. The van der Waals surface area contributed by atoms with Gasteiger partial charge < -0.3 is 25.3 Å². The minimum atomic E-state index is -0.542. The highest BCUT2D eigenvalue weighted by molar-refractivity contribution is 6.09. The van der Waals surface area contributed by atoms with Gasteiger partial charge in [0, 0.05) is 30.5 Å². The van der Waals surface area contributed by atoms with E-state index >= 15 is 0 Å². The average molecular weight is 442 g/mol. The maximum atomic E-state index is 13.4. The Hall–Kier alpha value is -3.00. The molecule has 1 saturated heterocycles. The number of pyridine rings is 1. The third-order valence-electron chi connectivity index (χ3n) is 5.88. The van der Waals surface area contributed by atoms with Crippen molar-refractivity contribution in [2.24, 2.45) is 5.92 Å². The number of ether oxygens (including phenoxy) is 1. The molecular weight excluding hydrogens is 409 g/mol. The van der Waals surface area contributed by atoms with E-state index in [0.29, 0.717) is 28.8 Å². The third kappa shape index (κ3) is 5.24. The lowest BCUT2D eigenvalue weighted by Crippen LogP contribution is -2.42. The first-order chi connectivity index (χ1) is 15.2. The van der Waals surface area contributed by atoms with E-state index < -0.39 is 5.97 Å². The molecule has 1 aromatic carbocycles. The van der Waals surface area contributed by atoms with Crippen LogP contribution < -0.4 is 10.2 Å². The molecule has 0 amide bonds. The number of hydrogen-bond donors (Lipinski definition) is 2. The van der Waals surface area contributed by atoms with E-state index in [9.17, 15) is 9.18 Å². The SMILES string of the molecule is COC(=O)c1cc(N2CCC(N(C)C)CC2)c(C(=N)C(C)C)c(Nc2ccc(F)cc2)n1. The van der Waals surface area contributed by atoms with Crippen LogP contribution in [-0.4, -0.2) is 61.9 Å². The number of rotatable bonds is 7. The molecule has 1 aromatic heterocycles. The minimum absolute atomic E-state index is 0.0485. The predicted octanol–water partition coefficient (Wildman–Crippen LogP) is 4.31. The number of nitrogens with zero attached hydrogens (tertiary/aromatic N) is 3. The molecule has 172 valence electrons. The van der Waals surface area contributed by atoms with Crippen molar-refractivity contribution in [1.82, 2.24) is 9.88 Å². The van der Waals surface area contributed by atoms with Crippen LogP contribution in [0.1, 0.15) is 42.7 Å². The van der Waals surface area contributed by atoms with E-state index in [1.165, 1.54) is 19.2 Å². The van der Waals surface area contributed by atoms with Crippen molar-refractivity contribution in [3.8, 4) is 0 Å². The van der Waals surface area contributed by atoms with E-state index in [2.05, 4.69) is 34.2 Å². The Labute approximate surface area is 189 Å². The Kier molecular flexibility index (Phi) is 7.45. The van der Waals surface area contributed by atoms with Crippen molar-refractivity contribution in [2.75, 3.05) is 44.5 Å². The third-order valence-corrected chi connectivity index (χ3v) is 5.88. The topological polar surface area (TPSA) is 81.5 Å². The van der Waals surface area contributed by atoms with Gasteiger partial charge in [-0.2, -0.15) is 0 Å². The summed E-state index contributed by atoms with van der Waals surface area (Å²) in [5, 5.41) is 12.0. The number of piperidine rings is 1. The number of carbonyl (C=O) groups is 1. The molecule has 2 aromatic rings. The molecule has 0 unspecified atom stereocenters. The fraction of sp³-hybridized carbons (Fsp3) is 0.458. The van der Waals surface area contributed by atoms with Crippen LogP contribution in [0.15, 0.2) is 30.3 Å². The second kappa shape index (κ2) is 10.1. The van der Waals surface area contributed by atoms with Gasteiger partial charge in [0.2, 0.25) is 0 Å². The molecule has 0 atom stereocenters. The summed E-state index contributed by atoms with van der Waals surface area (Å²) in [5.41, 5.74) is 2.66. The predicted molar refractivity (Wildman–Crippen MR) is 126 cm³/mol. The summed E-state index contributed by atoms with van der Waals surface area (Å²) >= 11 is 0. The van der Waals surface area contributed by atoms with E-state index in [4.69, 9.17) is 10.1 Å². The van der Waals surface area contributed by atoms with Crippen molar-refractivity contribution < 1.29 is 13.9 Å². The zero-order valence-corrected chi connectivity index (χ0v) is 19.4. The smallest absolute Gasteiger partial charge is 0.356 e. The van der Waals surface area contributed by atoms with Gasteiger partial charge in [-0.05, 0) is 63.2 Å². The number of nitrogens with one attached hydrogen (secondary N) is 2. The summed E-state index contributed by atoms with van der Waals surface area (Å²) in [5.74, 6) is -0.541. The van der Waals surface area contributed by atoms with E-state index in [-0.39, 0.29) is 17.4 Å². The van der Waals surface area contributed by atoms with Crippen molar-refractivity contribution in [3.05, 3.63) is 47.4 Å². The molecule has 1 aliphatic heterocycles. The van der Waals surface area contributed by atoms with Crippen LogP contribution in [0.3, 0.4) is 0 Å². The lowest BCUT2D eigenvalue weighted by Gasteiger charge is -2.38. The zero-order chi connectivity index (χ0) is 23.4. The molecular formula is C24H32FN5O2. The molecule has 0 saturated carbocycles. The van der Waals surface area contributed by atoms with Gasteiger partial charge in [-0.1, -0.05) is 13.8 Å². The molecule has 1 fully saturated rings. The van der Waals surface area contributed by atoms with Crippen LogP contribution in [0.2, 0.25) is 0 Å². The first kappa shape index (κ1) is 23.7. The van der Waals surface area contributed by atoms with Crippen LogP contribution in [0.4, 0.5) is 21.6 Å². The minimum Gasteiger partial charge on any atom is -0.464 e. The molecule has 7 nitrogen and oxygen atoms in total. The zero-order valence-electron chi connectivity index (χ0n) is 19.4. The van der Waals surface area contributed by atoms with Gasteiger partial charge in [0.1, 0.15) is 11.6 Å². The van der Waals surface area contributed by atoms with Crippen molar-refractivity contribution in [2.45, 2.75) is 32.7 Å². The summed E-state index contributed by atoms with van der Waals surface area (Å²) in [4.78, 5) is 21.4. The van der Waals surface area contributed by atoms with Crippen LogP contribution in [0.5, 0.6) is 0 Å². The van der Waals surface area contributed by atoms with Crippen molar-refractivity contribution >= 4 is 28.9 Å². The van der Waals surface area contributed by atoms with Crippen LogP contribution in [-0.2, 0) is 4.74 Å². The number of hydrogen-bond acceptors (Lipinski definition) is 7. The van der Waals surface area contributed by atoms with E-state index in [1.807, 2.05) is 13.8 Å². The van der Waals surface area contributed by atoms with Crippen LogP contribution in [0.25, 0.3) is 0 Å².